The van der Waals surface area contributed by atoms with Gasteiger partial charge >= 0.3 is 0 Å². The van der Waals surface area contributed by atoms with E-state index in [1.165, 1.54) is 0 Å². The lowest BCUT2D eigenvalue weighted by molar-refractivity contribution is -0.133. The van der Waals surface area contributed by atoms with Gasteiger partial charge in [0.2, 0.25) is 11.8 Å². The van der Waals surface area contributed by atoms with Crippen LogP contribution in [0.3, 0.4) is 0 Å². The van der Waals surface area contributed by atoms with Crippen molar-refractivity contribution < 1.29 is 24.3 Å². The van der Waals surface area contributed by atoms with Crippen LogP contribution in [0.5, 0.6) is 0 Å². The molecule has 34 heavy (non-hydrogen) atoms. The molecule has 1 aliphatic carbocycles. The largest absolute Gasteiger partial charge is 0.389 e. The molecule has 5 atom stereocenters. The van der Waals surface area contributed by atoms with E-state index < -0.39 is 36.3 Å². The molecule has 9 nitrogen and oxygen atoms in total. The highest BCUT2D eigenvalue weighted by atomic mass is 16.3. The van der Waals surface area contributed by atoms with E-state index in [-0.39, 0.29) is 35.5 Å². The van der Waals surface area contributed by atoms with Crippen molar-refractivity contribution >= 4 is 34.4 Å². The number of benzene rings is 1. The summed E-state index contributed by atoms with van der Waals surface area (Å²) in [4.78, 5) is 56.2. The van der Waals surface area contributed by atoms with Crippen molar-refractivity contribution in [2.24, 2.45) is 23.2 Å². The highest BCUT2D eigenvalue weighted by Crippen LogP contribution is 2.65. The van der Waals surface area contributed by atoms with Gasteiger partial charge < -0.3 is 25.6 Å². The Kier molecular flexibility index (Phi) is 5.47. The maximum atomic E-state index is 13.5. The van der Waals surface area contributed by atoms with Crippen molar-refractivity contribution in [2.75, 3.05) is 19.7 Å². The smallest absolute Gasteiger partial charge is 0.271 e. The number of Topliss-reactive ketones (excluding diaryl/α,β-unsaturated/α-hetero) is 1. The van der Waals surface area contributed by atoms with Gasteiger partial charge in [-0.15, -0.1) is 0 Å². The van der Waals surface area contributed by atoms with Crippen LogP contribution in [0.1, 0.15) is 37.2 Å². The standard InChI is InChI=1S/C25H30N4O5/c1-25(2)15-11-29(24(34)18-9-13-5-3-4-6-16(13)27-18)21(20(15)25)23(33)28-17(19(31)12-30)10-14-7-8-26-22(14)32/h3-6,9,14-15,17,20-21,27,30H,7-8,10-12H2,1-2H3,(H,26,32)(H,28,33)/t14-,15?,17-,20-,21-/m0/s1. The molecule has 2 aromatic rings. The van der Waals surface area contributed by atoms with Gasteiger partial charge in [-0.2, -0.15) is 0 Å². The number of fused-ring (bicyclic) bond motifs is 2. The van der Waals surface area contributed by atoms with Crippen molar-refractivity contribution in [3.63, 3.8) is 0 Å². The Hall–Kier alpha value is -3.20. The van der Waals surface area contributed by atoms with E-state index in [1.807, 2.05) is 24.3 Å². The van der Waals surface area contributed by atoms with Crippen LogP contribution in [0.15, 0.2) is 30.3 Å². The molecule has 1 aromatic carbocycles. The van der Waals surface area contributed by atoms with E-state index in [0.29, 0.717) is 25.2 Å². The van der Waals surface area contributed by atoms with Crippen LogP contribution < -0.4 is 10.6 Å². The number of amides is 3. The molecular weight excluding hydrogens is 436 g/mol. The quantitative estimate of drug-likeness (QED) is 0.480. The van der Waals surface area contributed by atoms with E-state index in [4.69, 9.17) is 0 Å². The first-order chi connectivity index (χ1) is 16.2. The zero-order valence-electron chi connectivity index (χ0n) is 19.3. The summed E-state index contributed by atoms with van der Waals surface area (Å²) in [7, 11) is 0. The Morgan fingerprint density at radius 3 is 2.71 bits per heavy atom. The average Bonchev–Trinajstić information content (AvgIpc) is 3.33. The predicted molar refractivity (Wildman–Crippen MR) is 124 cm³/mol. The summed E-state index contributed by atoms with van der Waals surface area (Å²) in [5, 5.41) is 15.9. The number of nitrogens with zero attached hydrogens (tertiary/aromatic N) is 1. The summed E-state index contributed by atoms with van der Waals surface area (Å²) in [6.45, 7) is 4.46. The number of piperidine rings is 1. The zero-order chi connectivity index (χ0) is 24.2. The van der Waals surface area contributed by atoms with E-state index in [9.17, 15) is 24.3 Å². The number of H-pyrrole nitrogens is 1. The second-order valence-corrected chi connectivity index (χ2v) is 10.3. The monoisotopic (exact) mass is 466 g/mol. The minimum Gasteiger partial charge on any atom is -0.389 e. The molecule has 1 aromatic heterocycles. The van der Waals surface area contributed by atoms with Crippen LogP contribution >= 0.6 is 0 Å². The second kappa shape index (κ2) is 8.23. The third-order valence-electron chi connectivity index (χ3n) is 8.04. The summed E-state index contributed by atoms with van der Waals surface area (Å²) in [5.41, 5.74) is 1.19. The molecule has 5 rings (SSSR count). The van der Waals surface area contributed by atoms with Gasteiger partial charge in [0.1, 0.15) is 18.3 Å². The number of aromatic amines is 1. The molecule has 0 radical (unpaired) electrons. The number of carbonyl (C=O) groups is 4. The third kappa shape index (κ3) is 3.68. The highest BCUT2D eigenvalue weighted by molar-refractivity contribution is 6.01. The number of carbonyl (C=O) groups excluding carboxylic acids is 4. The normalized spacial score (nSPS) is 27.9. The van der Waals surface area contributed by atoms with Gasteiger partial charge in [0.25, 0.3) is 5.91 Å². The minimum atomic E-state index is -0.975. The first kappa shape index (κ1) is 22.6. The average molecular weight is 467 g/mol. The number of aliphatic hydroxyl groups excluding tert-OH is 1. The van der Waals surface area contributed by atoms with Crippen molar-refractivity contribution in [3.8, 4) is 0 Å². The molecule has 2 aliphatic heterocycles. The molecule has 180 valence electrons. The number of hydrogen-bond acceptors (Lipinski definition) is 5. The van der Waals surface area contributed by atoms with E-state index in [2.05, 4.69) is 29.5 Å². The zero-order valence-corrected chi connectivity index (χ0v) is 19.3. The number of rotatable bonds is 7. The molecule has 3 fully saturated rings. The lowest BCUT2D eigenvalue weighted by Crippen LogP contribution is -2.54. The molecule has 0 bridgehead atoms. The Morgan fingerprint density at radius 2 is 2.03 bits per heavy atom. The maximum Gasteiger partial charge on any atom is 0.271 e. The SMILES string of the molecule is CC1(C)C2CN(C(=O)c3cc4ccccc4[nH]3)[C@H](C(=O)N[C@@H](C[C@@H]3CCNC3=O)C(=O)CO)[C@H]21. The maximum absolute atomic E-state index is 13.5. The number of aliphatic hydroxyl groups is 1. The van der Waals surface area contributed by atoms with E-state index in [1.54, 1.807) is 11.0 Å². The van der Waals surface area contributed by atoms with Gasteiger partial charge in [-0.3, -0.25) is 19.2 Å². The van der Waals surface area contributed by atoms with Crippen LogP contribution in [0.25, 0.3) is 10.9 Å². The number of hydrogen-bond donors (Lipinski definition) is 4. The van der Waals surface area contributed by atoms with Crippen molar-refractivity contribution in [1.82, 2.24) is 20.5 Å². The Morgan fingerprint density at radius 1 is 1.26 bits per heavy atom. The summed E-state index contributed by atoms with van der Waals surface area (Å²) in [6, 6.07) is 7.70. The van der Waals surface area contributed by atoms with Crippen LogP contribution in [0.2, 0.25) is 0 Å². The highest BCUT2D eigenvalue weighted by Gasteiger charge is 2.69. The van der Waals surface area contributed by atoms with Crippen molar-refractivity contribution in [2.45, 2.75) is 38.8 Å². The van der Waals surface area contributed by atoms with Gasteiger partial charge in [-0.25, -0.2) is 0 Å². The molecule has 2 saturated heterocycles. The molecule has 4 N–H and O–H groups in total. The molecule has 3 heterocycles. The summed E-state index contributed by atoms with van der Waals surface area (Å²) in [6.07, 6.45) is 0.715. The molecule has 3 aliphatic rings. The first-order valence-electron chi connectivity index (χ1n) is 11.8. The molecule has 9 heteroatoms. The van der Waals surface area contributed by atoms with Gasteiger partial charge in [-0.05, 0) is 42.2 Å². The van der Waals surface area contributed by atoms with Gasteiger partial charge in [-0.1, -0.05) is 32.0 Å². The molecule has 0 spiro atoms. The molecule has 1 saturated carbocycles. The predicted octanol–water partition coefficient (Wildman–Crippen LogP) is 0.837. The third-order valence-corrected chi connectivity index (χ3v) is 8.04. The Bertz CT molecular complexity index is 1140. The molecule has 1 unspecified atom stereocenters. The van der Waals surface area contributed by atoms with Crippen molar-refractivity contribution in [1.29, 1.82) is 0 Å². The van der Waals surface area contributed by atoms with Gasteiger partial charge in [0, 0.05) is 29.9 Å². The number of aromatic nitrogens is 1. The number of nitrogens with one attached hydrogen (secondary N) is 3. The fourth-order valence-electron chi connectivity index (χ4n) is 5.93. The molecule has 3 amide bonds. The lowest BCUT2D eigenvalue weighted by atomic mass is 9.95. The van der Waals surface area contributed by atoms with E-state index >= 15 is 0 Å². The fraction of sp³-hybridized carbons (Fsp3) is 0.520. The van der Waals surface area contributed by atoms with Crippen LogP contribution in [-0.4, -0.2) is 70.3 Å². The topological polar surface area (TPSA) is 132 Å². The van der Waals surface area contributed by atoms with E-state index in [0.717, 1.165) is 10.9 Å². The van der Waals surface area contributed by atoms with Crippen LogP contribution in [0, 0.1) is 23.2 Å². The number of ketones is 1. The van der Waals surface area contributed by atoms with Gasteiger partial charge in [0.05, 0.1) is 6.04 Å². The number of likely N-dealkylation sites (tertiary alicyclic amines) is 1. The summed E-state index contributed by atoms with van der Waals surface area (Å²) >= 11 is 0. The molecular formula is C25H30N4O5. The first-order valence-corrected chi connectivity index (χ1v) is 11.8. The Balaban J connectivity index is 1.38. The lowest BCUT2D eigenvalue weighted by Gasteiger charge is -2.31. The number of para-hydroxylation sites is 1. The van der Waals surface area contributed by atoms with Crippen LogP contribution in [-0.2, 0) is 14.4 Å². The fourth-order valence-corrected chi connectivity index (χ4v) is 5.93. The van der Waals surface area contributed by atoms with Gasteiger partial charge in [0.15, 0.2) is 5.78 Å². The summed E-state index contributed by atoms with van der Waals surface area (Å²) in [5.74, 6) is -1.55. The van der Waals surface area contributed by atoms with Crippen LogP contribution in [0.4, 0.5) is 0 Å². The second-order valence-electron chi connectivity index (χ2n) is 10.3. The Labute approximate surface area is 197 Å². The minimum absolute atomic E-state index is 0.0134. The summed E-state index contributed by atoms with van der Waals surface area (Å²) < 4.78 is 0. The van der Waals surface area contributed by atoms with Crippen molar-refractivity contribution in [3.05, 3.63) is 36.0 Å².